The van der Waals surface area contributed by atoms with Crippen LogP contribution in [0.15, 0.2) is 115 Å². The summed E-state index contributed by atoms with van der Waals surface area (Å²) in [5.41, 5.74) is -3.55. The van der Waals surface area contributed by atoms with E-state index in [9.17, 15) is 50.4 Å². The monoisotopic (exact) mass is 840 g/mol. The second-order valence-corrected chi connectivity index (χ2v) is 22.3. The van der Waals surface area contributed by atoms with Crippen LogP contribution in [0.5, 0.6) is 0 Å². The second-order valence-electron chi connectivity index (χ2n) is 12.9. The van der Waals surface area contributed by atoms with Crippen LogP contribution in [0.25, 0.3) is 0 Å². The van der Waals surface area contributed by atoms with Crippen molar-refractivity contribution in [2.24, 2.45) is 0 Å². The van der Waals surface area contributed by atoms with Crippen LogP contribution >= 0.6 is 0 Å². The molecule has 2 fully saturated rings. The van der Waals surface area contributed by atoms with Gasteiger partial charge in [0.25, 0.3) is 0 Å². The standard InChI is InChI=1S/C20H26O14.3C6H5.Sn/c21-5-10-12(24)14(26)16(28)20(33-10,19(7-23)15(27)13(25)11(6-22)32-19)34-18(31)9-4-2-1-3-8(9)17(29)30;3*1-2-4-6-5-3-1;/h1-4,10-16,21-28H,5-7H2,(H,29,30);3*1-5H;/q;;;;+1/p-1/t10-,11-,12-,13-,14+,15+,16-,19+,20+;;;;/m1..../s1. The van der Waals surface area contributed by atoms with E-state index in [1.807, 2.05) is 91.0 Å². The molecule has 0 bridgehead atoms. The van der Waals surface area contributed by atoms with Gasteiger partial charge in [-0.15, -0.1) is 0 Å². The fourth-order valence-corrected chi connectivity index (χ4v) is 17.8. The SMILES string of the molecule is O=C(O[C@@]1([C@@]2(CO)O[C@H](CO)[C@@H](O)[C@@H]2O)O[C@H](CO)[C@@H](O)[C@H](O)[C@H]1O)c1ccccc1C(=O)[O][Sn]([c]1ccccc1)([c]1ccccc1)[c]1ccccc1. The molecule has 6 rings (SSSR count). The molecule has 2 aliphatic rings. The van der Waals surface area contributed by atoms with Gasteiger partial charge in [0.2, 0.25) is 0 Å². The molecule has 2 heterocycles. The van der Waals surface area contributed by atoms with Gasteiger partial charge in [0, 0.05) is 0 Å². The van der Waals surface area contributed by atoms with Crippen LogP contribution in [0.1, 0.15) is 20.7 Å². The van der Waals surface area contributed by atoms with Crippen LogP contribution in [0.3, 0.4) is 0 Å². The van der Waals surface area contributed by atoms with Gasteiger partial charge in [0.05, 0.1) is 0 Å². The fraction of sp³-hybridized carbons (Fsp3) is 0.316. The Kier molecular flexibility index (Phi) is 11.7. The van der Waals surface area contributed by atoms with E-state index in [1.165, 1.54) is 24.3 Å². The van der Waals surface area contributed by atoms with Gasteiger partial charge in [0.1, 0.15) is 0 Å². The van der Waals surface area contributed by atoms with Crippen LogP contribution in [0.2, 0.25) is 0 Å². The molecule has 2 saturated heterocycles. The van der Waals surface area contributed by atoms with Crippen molar-refractivity contribution < 1.29 is 67.7 Å². The number of hydrogen-bond donors (Lipinski definition) is 8. The molecule has 0 spiro atoms. The minimum atomic E-state index is -4.78. The Morgan fingerprint density at radius 1 is 0.566 bits per heavy atom. The van der Waals surface area contributed by atoms with Gasteiger partial charge in [-0.25, -0.2) is 0 Å². The first-order valence-corrected chi connectivity index (χ1v) is 22.3. The Labute approximate surface area is 308 Å². The van der Waals surface area contributed by atoms with Crippen molar-refractivity contribution in [2.75, 3.05) is 19.8 Å². The molecule has 14 nitrogen and oxygen atoms in total. The number of rotatable bonds is 11. The Morgan fingerprint density at radius 3 is 1.43 bits per heavy atom. The molecular weight excluding hydrogens is 799 g/mol. The zero-order valence-corrected chi connectivity index (χ0v) is 31.0. The zero-order chi connectivity index (χ0) is 38.0. The van der Waals surface area contributed by atoms with Crippen LogP contribution in [-0.2, 0) is 17.3 Å². The van der Waals surface area contributed by atoms with Gasteiger partial charge in [0.15, 0.2) is 0 Å². The number of carbonyl (C=O) groups excluding carboxylic acids is 2. The number of ether oxygens (including phenoxy) is 3. The minimum absolute atomic E-state index is 0.291. The van der Waals surface area contributed by atoms with Crippen molar-refractivity contribution in [3.8, 4) is 0 Å². The molecule has 0 unspecified atom stereocenters. The molecule has 9 atom stereocenters. The predicted molar refractivity (Wildman–Crippen MR) is 188 cm³/mol. The first kappa shape index (κ1) is 38.9. The van der Waals surface area contributed by atoms with Gasteiger partial charge in [-0.1, -0.05) is 0 Å². The number of hydrogen-bond acceptors (Lipinski definition) is 14. The van der Waals surface area contributed by atoms with Crippen molar-refractivity contribution in [3.05, 3.63) is 126 Å². The summed E-state index contributed by atoms with van der Waals surface area (Å²) in [5, 5.41) is 85.5. The number of benzene rings is 4. The third-order valence-electron chi connectivity index (χ3n) is 9.90. The molecular formula is C38H40O14Sn. The van der Waals surface area contributed by atoms with Gasteiger partial charge >= 0.3 is 310 Å². The summed E-state index contributed by atoms with van der Waals surface area (Å²) < 4.78 is 26.2. The zero-order valence-electron chi connectivity index (χ0n) is 28.2. The van der Waals surface area contributed by atoms with E-state index in [1.54, 1.807) is 0 Å². The maximum absolute atomic E-state index is 14.6. The second kappa shape index (κ2) is 15.9. The Hall–Kier alpha value is -3.78. The fourth-order valence-electron chi connectivity index (χ4n) is 7.15. The van der Waals surface area contributed by atoms with E-state index >= 15 is 0 Å². The Morgan fingerprint density at radius 2 is 1.00 bits per heavy atom. The molecule has 280 valence electrons. The Balaban J connectivity index is 1.46. The summed E-state index contributed by atoms with van der Waals surface area (Å²) in [4.78, 5) is 28.9. The van der Waals surface area contributed by atoms with E-state index in [4.69, 9.17) is 17.3 Å². The van der Waals surface area contributed by atoms with E-state index < -0.39 is 110 Å². The maximum atomic E-state index is 14.6. The van der Waals surface area contributed by atoms with Crippen LogP contribution < -0.4 is 10.7 Å². The summed E-state index contributed by atoms with van der Waals surface area (Å²) in [6.45, 7) is -3.29. The first-order chi connectivity index (χ1) is 25.5. The molecule has 0 amide bonds. The third-order valence-corrected chi connectivity index (χ3v) is 21.1. The van der Waals surface area contributed by atoms with Gasteiger partial charge < -0.3 is 0 Å². The van der Waals surface area contributed by atoms with Crippen molar-refractivity contribution >= 4 is 41.5 Å². The molecule has 2 aliphatic heterocycles. The summed E-state index contributed by atoms with van der Waals surface area (Å²) in [5.74, 6) is -5.51. The summed E-state index contributed by atoms with van der Waals surface area (Å²) in [6, 6.07) is 33.2. The molecule has 0 radical (unpaired) electrons. The van der Waals surface area contributed by atoms with Crippen LogP contribution in [0, 0.1) is 0 Å². The molecule has 53 heavy (non-hydrogen) atoms. The molecule has 4 aromatic carbocycles. The summed E-state index contributed by atoms with van der Waals surface area (Å²) in [6.07, 6.45) is -14.3. The molecule has 0 saturated carbocycles. The predicted octanol–water partition coefficient (Wildman–Crippen LogP) is -2.32. The van der Waals surface area contributed by atoms with Crippen molar-refractivity contribution in [1.82, 2.24) is 0 Å². The van der Waals surface area contributed by atoms with Gasteiger partial charge in [-0.2, -0.15) is 0 Å². The Bertz CT molecular complexity index is 1770. The molecule has 8 N–H and O–H groups in total. The molecule has 4 aromatic rings. The van der Waals surface area contributed by atoms with Crippen molar-refractivity contribution in [1.29, 1.82) is 0 Å². The molecule has 15 heteroatoms. The van der Waals surface area contributed by atoms with E-state index in [0.29, 0.717) is 0 Å². The normalized spacial score (nSPS) is 30.1. The topological polar surface area (TPSA) is 233 Å². The van der Waals surface area contributed by atoms with Gasteiger partial charge in [-0.05, 0) is 0 Å². The van der Waals surface area contributed by atoms with E-state index in [2.05, 4.69) is 0 Å². The van der Waals surface area contributed by atoms with Crippen LogP contribution in [0.4, 0.5) is 0 Å². The first-order valence-electron chi connectivity index (χ1n) is 16.8. The average molecular weight is 839 g/mol. The number of aliphatic hydroxyl groups is 8. The van der Waals surface area contributed by atoms with Crippen molar-refractivity contribution in [2.45, 2.75) is 54.1 Å². The van der Waals surface area contributed by atoms with Gasteiger partial charge in [-0.3, -0.25) is 0 Å². The summed E-state index contributed by atoms with van der Waals surface area (Å²) in [7, 11) is 0. The third kappa shape index (κ3) is 6.57. The molecule has 0 aromatic heterocycles. The van der Waals surface area contributed by atoms with E-state index in [-0.39, 0.29) is 5.56 Å². The summed E-state index contributed by atoms with van der Waals surface area (Å²) >= 11 is -4.78. The number of carbonyl (C=O) groups is 2. The van der Waals surface area contributed by atoms with E-state index in [0.717, 1.165) is 10.7 Å². The van der Waals surface area contributed by atoms with Crippen LogP contribution in [-0.4, -0.2) is 146 Å². The quantitative estimate of drug-likeness (QED) is 0.0586. The number of aliphatic hydroxyl groups excluding tert-OH is 8. The molecule has 0 aliphatic carbocycles. The van der Waals surface area contributed by atoms with Crippen molar-refractivity contribution in [3.63, 3.8) is 0 Å². The number of esters is 1. The average Bonchev–Trinajstić information content (AvgIpc) is 3.47.